The lowest BCUT2D eigenvalue weighted by Crippen LogP contribution is -2.30. The van der Waals surface area contributed by atoms with Crippen LogP contribution in [-0.2, 0) is 17.1 Å². The maximum Gasteiger partial charge on any atom is 0.244 e. The summed E-state index contributed by atoms with van der Waals surface area (Å²) in [5.74, 6) is 0. The van der Waals surface area contributed by atoms with E-state index in [0.29, 0.717) is 22.8 Å². The summed E-state index contributed by atoms with van der Waals surface area (Å²) in [4.78, 5) is 0.296. The second-order valence-electron chi connectivity index (χ2n) is 4.76. The highest BCUT2D eigenvalue weighted by Gasteiger charge is 2.23. The van der Waals surface area contributed by atoms with Crippen molar-refractivity contribution >= 4 is 22.4 Å². The molecular weight excluding hydrogens is 300 g/mol. The number of halogens is 1. The maximum atomic E-state index is 12.3. The largest absolute Gasteiger partial charge is 0.313 e. The van der Waals surface area contributed by atoms with Gasteiger partial charge in [0.15, 0.2) is 0 Å². The lowest BCUT2D eigenvalue weighted by atomic mass is 10.1. The third kappa shape index (κ3) is 3.60. The van der Waals surface area contributed by atoms with Crippen LogP contribution in [0.5, 0.6) is 0 Å². The Morgan fingerprint density at radius 2 is 2.15 bits per heavy atom. The van der Waals surface area contributed by atoms with E-state index >= 15 is 0 Å². The monoisotopic (exact) mass is 320 g/mol. The summed E-state index contributed by atoms with van der Waals surface area (Å²) in [6, 6.07) is 0. The van der Waals surface area contributed by atoms with Crippen LogP contribution in [0.1, 0.15) is 17.8 Å². The molecule has 20 heavy (non-hydrogen) atoms. The number of hydrogen-bond acceptors (Lipinski definition) is 4. The summed E-state index contributed by atoms with van der Waals surface area (Å²) in [6.07, 6.45) is 2.92. The number of hydrogen-bond donors (Lipinski definition) is 2. The summed E-state index contributed by atoms with van der Waals surface area (Å²) in [6.45, 7) is 5.56. The smallest absolute Gasteiger partial charge is 0.244 e. The SMILES string of the molecule is Cc1nn(C)c(C)c1S(=O)(=O)NCC1=CCNCC1.Cl. The van der Waals surface area contributed by atoms with Gasteiger partial charge in [0.2, 0.25) is 10.0 Å². The summed E-state index contributed by atoms with van der Waals surface area (Å²) in [7, 11) is -1.75. The van der Waals surface area contributed by atoms with Gasteiger partial charge in [0, 0.05) is 20.1 Å². The lowest BCUT2D eigenvalue weighted by Gasteiger charge is -2.14. The molecule has 0 saturated heterocycles. The van der Waals surface area contributed by atoms with Gasteiger partial charge in [-0.2, -0.15) is 5.10 Å². The molecule has 1 aliphatic heterocycles. The molecule has 1 aromatic rings. The molecule has 0 aliphatic carbocycles. The molecule has 8 heteroatoms. The minimum absolute atomic E-state index is 0. The van der Waals surface area contributed by atoms with Crippen LogP contribution in [0.25, 0.3) is 0 Å². The van der Waals surface area contributed by atoms with Crippen LogP contribution >= 0.6 is 12.4 Å². The van der Waals surface area contributed by atoms with Crippen molar-refractivity contribution in [3.8, 4) is 0 Å². The van der Waals surface area contributed by atoms with Crippen molar-refractivity contribution in [1.29, 1.82) is 0 Å². The molecule has 0 atom stereocenters. The first-order chi connectivity index (χ1) is 8.92. The van der Waals surface area contributed by atoms with E-state index in [-0.39, 0.29) is 12.4 Å². The number of nitrogens with zero attached hydrogens (tertiary/aromatic N) is 2. The topological polar surface area (TPSA) is 76.0 Å². The Morgan fingerprint density at radius 1 is 1.45 bits per heavy atom. The van der Waals surface area contributed by atoms with E-state index in [0.717, 1.165) is 25.1 Å². The second-order valence-corrected chi connectivity index (χ2v) is 6.47. The van der Waals surface area contributed by atoms with E-state index in [1.54, 1.807) is 25.6 Å². The number of aromatic nitrogens is 2. The first kappa shape index (κ1) is 17.2. The number of rotatable bonds is 4. The van der Waals surface area contributed by atoms with Crippen LogP contribution < -0.4 is 10.0 Å². The fourth-order valence-electron chi connectivity index (χ4n) is 2.23. The van der Waals surface area contributed by atoms with Crippen LogP contribution in [0.4, 0.5) is 0 Å². The summed E-state index contributed by atoms with van der Waals surface area (Å²) in [5, 5.41) is 7.34. The Kier molecular flexibility index (Phi) is 5.76. The molecule has 114 valence electrons. The third-order valence-electron chi connectivity index (χ3n) is 3.36. The Labute approximate surface area is 126 Å². The Morgan fingerprint density at radius 3 is 2.65 bits per heavy atom. The van der Waals surface area contributed by atoms with Crippen LogP contribution in [0.2, 0.25) is 0 Å². The van der Waals surface area contributed by atoms with Crippen molar-refractivity contribution in [2.45, 2.75) is 25.2 Å². The summed E-state index contributed by atoms with van der Waals surface area (Å²) < 4.78 is 28.9. The highest BCUT2D eigenvalue weighted by molar-refractivity contribution is 7.89. The lowest BCUT2D eigenvalue weighted by molar-refractivity contribution is 0.580. The highest BCUT2D eigenvalue weighted by atomic mass is 35.5. The van der Waals surface area contributed by atoms with Gasteiger partial charge in [0.1, 0.15) is 4.90 Å². The van der Waals surface area contributed by atoms with E-state index < -0.39 is 10.0 Å². The quantitative estimate of drug-likeness (QED) is 0.799. The molecule has 2 heterocycles. The molecule has 1 aromatic heterocycles. The molecule has 6 nitrogen and oxygen atoms in total. The van der Waals surface area contributed by atoms with Gasteiger partial charge in [-0.15, -0.1) is 12.4 Å². The Bertz CT molecular complexity index is 607. The molecule has 2 rings (SSSR count). The first-order valence-electron chi connectivity index (χ1n) is 6.30. The minimum Gasteiger partial charge on any atom is -0.313 e. The Balaban J connectivity index is 0.00000200. The molecule has 1 aliphatic rings. The van der Waals surface area contributed by atoms with Gasteiger partial charge in [-0.1, -0.05) is 11.6 Å². The fourth-order valence-corrected chi connectivity index (χ4v) is 3.70. The van der Waals surface area contributed by atoms with Crippen molar-refractivity contribution in [2.75, 3.05) is 19.6 Å². The molecule has 0 unspecified atom stereocenters. The number of sulfonamides is 1. The van der Waals surface area contributed by atoms with Crippen molar-refractivity contribution in [3.05, 3.63) is 23.0 Å². The molecular formula is C12H21ClN4O2S. The van der Waals surface area contributed by atoms with Gasteiger partial charge in [0.25, 0.3) is 0 Å². The molecule has 0 radical (unpaired) electrons. The van der Waals surface area contributed by atoms with E-state index in [1.807, 2.05) is 6.08 Å². The van der Waals surface area contributed by atoms with Crippen molar-refractivity contribution < 1.29 is 8.42 Å². The van der Waals surface area contributed by atoms with E-state index in [1.165, 1.54) is 0 Å². The average molecular weight is 321 g/mol. The molecule has 2 N–H and O–H groups in total. The zero-order valence-corrected chi connectivity index (χ0v) is 13.6. The highest BCUT2D eigenvalue weighted by Crippen LogP contribution is 2.18. The predicted octanol–water partition coefficient (Wildman–Crippen LogP) is 0.657. The van der Waals surface area contributed by atoms with Crippen LogP contribution in [0.3, 0.4) is 0 Å². The molecule has 0 fully saturated rings. The number of aryl methyl sites for hydroxylation is 2. The van der Waals surface area contributed by atoms with Crippen molar-refractivity contribution in [2.24, 2.45) is 7.05 Å². The molecule has 0 spiro atoms. The van der Waals surface area contributed by atoms with Gasteiger partial charge < -0.3 is 5.32 Å². The molecule has 0 bridgehead atoms. The van der Waals surface area contributed by atoms with Gasteiger partial charge >= 0.3 is 0 Å². The Hall–Kier alpha value is -0.890. The van der Waals surface area contributed by atoms with Crippen LogP contribution in [0, 0.1) is 13.8 Å². The van der Waals surface area contributed by atoms with Crippen LogP contribution in [-0.4, -0.2) is 37.8 Å². The summed E-state index contributed by atoms with van der Waals surface area (Å²) in [5.41, 5.74) is 2.32. The van der Waals surface area contributed by atoms with Crippen LogP contribution in [0.15, 0.2) is 16.5 Å². The zero-order valence-electron chi connectivity index (χ0n) is 11.9. The molecule has 0 amide bonds. The zero-order chi connectivity index (χ0) is 14.0. The maximum absolute atomic E-state index is 12.3. The van der Waals surface area contributed by atoms with Crippen molar-refractivity contribution in [1.82, 2.24) is 19.8 Å². The normalized spacial score (nSPS) is 15.7. The van der Waals surface area contributed by atoms with Gasteiger partial charge in [-0.05, 0) is 26.8 Å². The van der Waals surface area contributed by atoms with Crippen molar-refractivity contribution in [3.63, 3.8) is 0 Å². The molecule has 0 aromatic carbocycles. The van der Waals surface area contributed by atoms with Gasteiger partial charge in [0.05, 0.1) is 11.4 Å². The minimum atomic E-state index is -3.49. The fraction of sp³-hybridized carbons (Fsp3) is 0.583. The van der Waals surface area contributed by atoms with E-state index in [4.69, 9.17) is 0 Å². The predicted molar refractivity (Wildman–Crippen MR) is 80.7 cm³/mol. The average Bonchev–Trinajstić information content (AvgIpc) is 2.63. The molecule has 0 saturated carbocycles. The summed E-state index contributed by atoms with van der Waals surface area (Å²) >= 11 is 0. The van der Waals surface area contributed by atoms with Gasteiger partial charge in [-0.3, -0.25) is 4.68 Å². The second kappa shape index (κ2) is 6.71. The first-order valence-corrected chi connectivity index (χ1v) is 7.78. The standard InChI is InChI=1S/C12H20N4O2S.ClH/c1-9-12(10(2)16(3)15-9)19(17,18)14-8-11-4-6-13-7-5-11;/h4,13-14H,5-8H2,1-3H3;1H. The number of nitrogens with one attached hydrogen (secondary N) is 2. The third-order valence-corrected chi connectivity index (χ3v) is 5.01. The van der Waals surface area contributed by atoms with Gasteiger partial charge in [-0.25, -0.2) is 13.1 Å². The van der Waals surface area contributed by atoms with E-state index in [2.05, 4.69) is 15.1 Å². The van der Waals surface area contributed by atoms with E-state index in [9.17, 15) is 8.42 Å².